The Morgan fingerprint density at radius 1 is 1.23 bits per heavy atom. The molecule has 0 saturated carbocycles. The third kappa shape index (κ3) is 4.09. The van der Waals surface area contributed by atoms with E-state index in [0.717, 1.165) is 37.7 Å². The molecule has 1 aromatic heterocycles. The maximum absolute atomic E-state index is 6.25. The summed E-state index contributed by atoms with van der Waals surface area (Å²) in [5.41, 5.74) is 1.24. The Hall–Kier alpha value is -1.36. The molecule has 1 aliphatic rings. The number of aryl methyl sites for hydroxylation is 1. The van der Waals surface area contributed by atoms with Crippen LogP contribution in [0, 0.1) is 6.92 Å². The van der Waals surface area contributed by atoms with Crippen molar-refractivity contribution in [3.8, 4) is 0 Å². The average Bonchev–Trinajstić information content (AvgIpc) is 2.94. The van der Waals surface area contributed by atoms with Gasteiger partial charge in [-0.2, -0.15) is 5.10 Å². The van der Waals surface area contributed by atoms with Gasteiger partial charge in [0.05, 0.1) is 32.4 Å². The summed E-state index contributed by atoms with van der Waals surface area (Å²) in [5, 5.41) is 7.66. The lowest BCUT2D eigenvalue weighted by Gasteiger charge is -2.30. The number of piperazine rings is 1. The molecule has 1 aromatic carbocycles. The van der Waals surface area contributed by atoms with Crippen molar-refractivity contribution >= 4 is 29.2 Å². The van der Waals surface area contributed by atoms with Gasteiger partial charge in [0.15, 0.2) is 0 Å². The first-order valence-electron chi connectivity index (χ1n) is 7.63. The van der Waals surface area contributed by atoms with Crippen molar-refractivity contribution in [3.05, 3.63) is 56.7 Å². The number of halogens is 1. The molecule has 116 valence electrons. The second kappa shape index (κ2) is 7.27. The largest absolute Gasteiger partial charge is 0.328 e. The lowest BCUT2D eigenvalue weighted by Crippen LogP contribution is -3.13. The van der Waals surface area contributed by atoms with E-state index in [4.69, 9.17) is 11.6 Å². The molecule has 0 bridgehead atoms. The van der Waals surface area contributed by atoms with Crippen LogP contribution in [0.25, 0.3) is 0 Å². The van der Waals surface area contributed by atoms with Gasteiger partial charge in [0, 0.05) is 20.3 Å². The average molecular weight is 335 g/mol. The summed E-state index contributed by atoms with van der Waals surface area (Å²) >= 11 is 8.03. The Morgan fingerprint density at radius 2 is 2.00 bits per heavy atom. The van der Waals surface area contributed by atoms with Gasteiger partial charge in [0.25, 0.3) is 0 Å². The lowest BCUT2D eigenvalue weighted by atomic mass is 10.2. The summed E-state index contributed by atoms with van der Waals surface area (Å²) < 4.78 is 0. The molecule has 22 heavy (non-hydrogen) atoms. The molecular formula is C17H21ClN3S+. The van der Waals surface area contributed by atoms with Crippen molar-refractivity contribution in [2.24, 2.45) is 5.10 Å². The number of quaternary nitrogens is 1. The van der Waals surface area contributed by atoms with Crippen molar-refractivity contribution in [2.75, 3.05) is 26.2 Å². The van der Waals surface area contributed by atoms with Crippen LogP contribution < -0.4 is 4.90 Å². The van der Waals surface area contributed by atoms with Crippen molar-refractivity contribution in [1.29, 1.82) is 0 Å². The van der Waals surface area contributed by atoms with Gasteiger partial charge < -0.3 is 4.90 Å². The van der Waals surface area contributed by atoms with Crippen LogP contribution in [0.3, 0.4) is 0 Å². The monoisotopic (exact) mass is 334 g/mol. The summed E-state index contributed by atoms with van der Waals surface area (Å²) in [6.45, 7) is 7.33. The molecule has 0 amide bonds. The van der Waals surface area contributed by atoms with Crippen LogP contribution >= 0.6 is 22.9 Å². The summed E-state index contributed by atoms with van der Waals surface area (Å²) in [6, 6.07) is 12.4. The fourth-order valence-corrected chi connectivity index (χ4v) is 3.62. The molecule has 1 saturated heterocycles. The highest BCUT2D eigenvalue weighted by molar-refractivity contribution is 7.13. The molecule has 0 radical (unpaired) electrons. The van der Waals surface area contributed by atoms with E-state index < -0.39 is 0 Å². The number of benzene rings is 1. The molecule has 0 aliphatic carbocycles. The molecule has 2 aromatic rings. The van der Waals surface area contributed by atoms with Crippen LogP contribution in [-0.2, 0) is 6.54 Å². The Morgan fingerprint density at radius 3 is 2.68 bits per heavy atom. The van der Waals surface area contributed by atoms with Crippen molar-refractivity contribution in [2.45, 2.75) is 13.5 Å². The zero-order chi connectivity index (χ0) is 15.4. The van der Waals surface area contributed by atoms with E-state index in [1.807, 2.05) is 18.3 Å². The highest BCUT2D eigenvalue weighted by Crippen LogP contribution is 2.14. The van der Waals surface area contributed by atoms with Gasteiger partial charge in [0.2, 0.25) is 0 Å². The number of rotatable bonds is 4. The van der Waals surface area contributed by atoms with Crippen molar-refractivity contribution in [1.82, 2.24) is 5.01 Å². The minimum absolute atomic E-state index is 0.878. The summed E-state index contributed by atoms with van der Waals surface area (Å²) in [7, 11) is 0. The topological polar surface area (TPSA) is 20.0 Å². The van der Waals surface area contributed by atoms with Gasteiger partial charge in [-0.05, 0) is 25.1 Å². The highest BCUT2D eigenvalue weighted by Gasteiger charge is 2.19. The third-order valence-corrected chi connectivity index (χ3v) is 5.26. The van der Waals surface area contributed by atoms with E-state index in [1.165, 1.54) is 15.3 Å². The normalized spacial score (nSPS) is 16.5. The number of hydrazone groups is 1. The second-order valence-electron chi connectivity index (χ2n) is 5.66. The quantitative estimate of drug-likeness (QED) is 0.851. The molecule has 2 heterocycles. The molecule has 0 unspecified atom stereocenters. The minimum Gasteiger partial charge on any atom is -0.328 e. The molecular weight excluding hydrogens is 314 g/mol. The Labute approximate surface area is 140 Å². The maximum Gasteiger partial charge on any atom is 0.104 e. The molecule has 0 atom stereocenters. The maximum atomic E-state index is 6.25. The predicted molar refractivity (Wildman–Crippen MR) is 94.1 cm³/mol. The van der Waals surface area contributed by atoms with Crippen LogP contribution in [0.15, 0.2) is 41.5 Å². The van der Waals surface area contributed by atoms with Gasteiger partial charge in [0.1, 0.15) is 6.54 Å². The van der Waals surface area contributed by atoms with E-state index in [1.54, 1.807) is 16.2 Å². The number of nitrogens with zero attached hydrogens (tertiary/aromatic N) is 2. The zero-order valence-corrected chi connectivity index (χ0v) is 14.3. The van der Waals surface area contributed by atoms with Gasteiger partial charge in [-0.3, -0.25) is 5.01 Å². The van der Waals surface area contributed by atoms with Crippen molar-refractivity contribution in [3.63, 3.8) is 0 Å². The Bertz CT molecular complexity index is 645. The SMILES string of the molecule is Cc1ccc(/C=N\N2CC[NH+](Cc3ccccc3Cl)CC2)s1. The number of hydrogen-bond acceptors (Lipinski definition) is 3. The van der Waals surface area contributed by atoms with Crippen LogP contribution in [-0.4, -0.2) is 37.4 Å². The van der Waals surface area contributed by atoms with E-state index in [0.29, 0.717) is 0 Å². The first-order valence-corrected chi connectivity index (χ1v) is 8.82. The van der Waals surface area contributed by atoms with Gasteiger partial charge >= 0.3 is 0 Å². The Balaban J connectivity index is 1.50. The molecule has 1 N–H and O–H groups in total. The van der Waals surface area contributed by atoms with Crippen LogP contribution in [0.2, 0.25) is 5.02 Å². The van der Waals surface area contributed by atoms with Crippen LogP contribution in [0.5, 0.6) is 0 Å². The lowest BCUT2D eigenvalue weighted by molar-refractivity contribution is -0.918. The molecule has 3 nitrogen and oxygen atoms in total. The Kier molecular flexibility index (Phi) is 5.13. The zero-order valence-electron chi connectivity index (χ0n) is 12.8. The van der Waals surface area contributed by atoms with Crippen LogP contribution in [0.1, 0.15) is 15.3 Å². The third-order valence-electron chi connectivity index (χ3n) is 3.95. The van der Waals surface area contributed by atoms with E-state index in [-0.39, 0.29) is 0 Å². The summed E-state index contributed by atoms with van der Waals surface area (Å²) in [6.07, 6.45) is 1.98. The first-order chi connectivity index (χ1) is 10.7. The fourth-order valence-electron chi connectivity index (χ4n) is 2.68. The van der Waals surface area contributed by atoms with Gasteiger partial charge in [-0.1, -0.05) is 29.8 Å². The number of thiophene rings is 1. The minimum atomic E-state index is 0.878. The van der Waals surface area contributed by atoms with Gasteiger partial charge in [-0.15, -0.1) is 11.3 Å². The van der Waals surface area contributed by atoms with Crippen molar-refractivity contribution < 1.29 is 4.90 Å². The van der Waals surface area contributed by atoms with Gasteiger partial charge in [-0.25, -0.2) is 0 Å². The molecule has 5 heteroatoms. The summed E-state index contributed by atoms with van der Waals surface area (Å²) in [4.78, 5) is 4.13. The fraction of sp³-hybridized carbons (Fsp3) is 0.353. The molecule has 3 rings (SSSR count). The highest BCUT2D eigenvalue weighted by atomic mass is 35.5. The summed E-state index contributed by atoms with van der Waals surface area (Å²) in [5.74, 6) is 0. The molecule has 1 fully saturated rings. The van der Waals surface area contributed by atoms with E-state index in [9.17, 15) is 0 Å². The second-order valence-corrected chi connectivity index (χ2v) is 7.39. The standard InChI is InChI=1S/C17H20ClN3S/c1-14-6-7-16(22-14)12-19-21-10-8-20(9-11-21)13-15-4-2-3-5-17(15)18/h2-7,12H,8-11,13H2,1H3/p+1/b19-12-. The number of nitrogens with one attached hydrogen (secondary N) is 1. The molecule has 0 spiro atoms. The smallest absolute Gasteiger partial charge is 0.104 e. The van der Waals surface area contributed by atoms with E-state index >= 15 is 0 Å². The first kappa shape index (κ1) is 15.5. The number of hydrogen-bond donors (Lipinski definition) is 1. The van der Waals surface area contributed by atoms with E-state index in [2.05, 4.69) is 41.3 Å². The van der Waals surface area contributed by atoms with Crippen LogP contribution in [0.4, 0.5) is 0 Å². The molecule has 1 aliphatic heterocycles. The predicted octanol–water partition coefficient (Wildman–Crippen LogP) is 2.44.